The number of hydrogen-bond donors (Lipinski definition) is 1. The second-order valence-corrected chi connectivity index (χ2v) is 6.98. The second-order valence-electron chi connectivity index (χ2n) is 6.98. The van der Waals surface area contributed by atoms with Crippen LogP contribution < -0.4 is 5.73 Å². The van der Waals surface area contributed by atoms with Crippen molar-refractivity contribution in [2.75, 3.05) is 5.73 Å². The van der Waals surface area contributed by atoms with Crippen LogP contribution >= 0.6 is 0 Å². The molecule has 0 atom stereocenters. The maximum atomic E-state index is 5.36. The molecular formula is C28H23N3. The summed E-state index contributed by atoms with van der Waals surface area (Å²) in [6.07, 6.45) is 1.81. The first kappa shape index (κ1) is 20.0. The van der Waals surface area contributed by atoms with Crippen LogP contribution in [0.15, 0.2) is 128 Å². The average molecular weight is 402 g/mol. The van der Waals surface area contributed by atoms with Crippen LogP contribution in [-0.4, -0.2) is 9.97 Å². The molecule has 3 nitrogen and oxygen atoms in total. The lowest BCUT2D eigenvalue weighted by molar-refractivity contribution is 1.41. The smallest absolute Gasteiger partial charge is 0.0709 e. The molecule has 0 aliphatic rings. The van der Waals surface area contributed by atoms with E-state index in [0.717, 1.165) is 22.2 Å². The monoisotopic (exact) mass is 401 g/mol. The number of nitrogen functional groups attached to an aromatic ring is 1. The standard InChI is InChI=1S/C13H9N.C9H7N.C6H7N/c1-3-7-12-10(5-1)9-11-6-2-4-8-13(11)14-12;1-2-6-9-8(4-1)5-3-7-10-9;7-6-4-2-1-3-5-6/h1-9H;1-7H;1-5H,7H2. The summed E-state index contributed by atoms with van der Waals surface area (Å²) in [5.41, 5.74) is 9.36. The molecule has 150 valence electrons. The predicted octanol–water partition coefficient (Wildman–Crippen LogP) is 6.89. The van der Waals surface area contributed by atoms with E-state index in [1.165, 1.54) is 16.2 Å². The molecule has 31 heavy (non-hydrogen) atoms. The van der Waals surface area contributed by atoms with E-state index < -0.39 is 0 Å². The van der Waals surface area contributed by atoms with Crippen LogP contribution in [0.2, 0.25) is 0 Å². The highest BCUT2D eigenvalue weighted by Crippen LogP contribution is 2.18. The minimum atomic E-state index is 0.822. The molecule has 0 bridgehead atoms. The maximum absolute atomic E-state index is 5.36. The molecule has 0 aliphatic carbocycles. The zero-order valence-corrected chi connectivity index (χ0v) is 17.1. The Morgan fingerprint density at radius 1 is 0.452 bits per heavy atom. The Bertz CT molecular complexity index is 1220. The molecule has 0 unspecified atom stereocenters. The van der Waals surface area contributed by atoms with Crippen molar-refractivity contribution in [3.63, 3.8) is 0 Å². The van der Waals surface area contributed by atoms with Crippen molar-refractivity contribution in [1.82, 2.24) is 9.97 Å². The molecule has 0 aliphatic heterocycles. The van der Waals surface area contributed by atoms with Crippen molar-refractivity contribution in [2.45, 2.75) is 0 Å². The number of nitrogens with zero attached hydrogens (tertiary/aromatic N) is 2. The fraction of sp³-hybridized carbons (Fsp3) is 0. The molecule has 2 N–H and O–H groups in total. The number of aromatic nitrogens is 2. The summed E-state index contributed by atoms with van der Waals surface area (Å²) in [6, 6.07) is 40.1. The first-order chi connectivity index (χ1) is 15.3. The Balaban J connectivity index is 0.000000119. The number of hydrogen-bond acceptors (Lipinski definition) is 3. The molecular weight excluding hydrogens is 378 g/mol. The fourth-order valence-electron chi connectivity index (χ4n) is 3.19. The van der Waals surface area contributed by atoms with Gasteiger partial charge in [-0.05, 0) is 42.5 Å². The van der Waals surface area contributed by atoms with Crippen LogP contribution in [0.3, 0.4) is 0 Å². The fourth-order valence-corrected chi connectivity index (χ4v) is 3.19. The molecule has 0 spiro atoms. The Morgan fingerprint density at radius 3 is 1.48 bits per heavy atom. The third kappa shape index (κ3) is 5.43. The molecule has 2 aromatic heterocycles. The number of fused-ring (bicyclic) bond motifs is 3. The average Bonchev–Trinajstić information content (AvgIpc) is 2.84. The Kier molecular flexibility index (Phi) is 6.46. The van der Waals surface area contributed by atoms with E-state index in [4.69, 9.17) is 5.73 Å². The van der Waals surface area contributed by atoms with Crippen LogP contribution in [0.25, 0.3) is 32.7 Å². The van der Waals surface area contributed by atoms with E-state index in [2.05, 4.69) is 40.3 Å². The van der Waals surface area contributed by atoms with Crippen molar-refractivity contribution in [3.8, 4) is 0 Å². The molecule has 0 fully saturated rings. The lowest BCUT2D eigenvalue weighted by Gasteiger charge is -1.99. The maximum Gasteiger partial charge on any atom is 0.0709 e. The summed E-state index contributed by atoms with van der Waals surface area (Å²) in [5.74, 6) is 0. The highest BCUT2D eigenvalue weighted by Gasteiger charge is 1.96. The number of benzene rings is 4. The van der Waals surface area contributed by atoms with Crippen molar-refractivity contribution in [1.29, 1.82) is 0 Å². The van der Waals surface area contributed by atoms with Crippen LogP contribution in [0.5, 0.6) is 0 Å². The summed E-state index contributed by atoms with van der Waals surface area (Å²) in [6.45, 7) is 0. The van der Waals surface area contributed by atoms with Gasteiger partial charge in [-0.15, -0.1) is 0 Å². The first-order valence-corrected chi connectivity index (χ1v) is 10.1. The molecule has 4 aromatic carbocycles. The minimum absolute atomic E-state index is 0.822. The minimum Gasteiger partial charge on any atom is -0.399 e. The van der Waals surface area contributed by atoms with Crippen molar-refractivity contribution in [2.24, 2.45) is 0 Å². The van der Waals surface area contributed by atoms with Gasteiger partial charge < -0.3 is 5.73 Å². The molecule has 2 heterocycles. The Hall–Kier alpha value is -4.24. The van der Waals surface area contributed by atoms with Gasteiger partial charge in [0.05, 0.1) is 16.6 Å². The molecule has 6 rings (SSSR count). The highest BCUT2D eigenvalue weighted by molar-refractivity contribution is 5.92. The number of nitrogens with two attached hydrogens (primary N) is 1. The topological polar surface area (TPSA) is 51.8 Å². The predicted molar refractivity (Wildman–Crippen MR) is 132 cm³/mol. The van der Waals surface area contributed by atoms with Gasteiger partial charge in [0.25, 0.3) is 0 Å². The van der Waals surface area contributed by atoms with Crippen LogP contribution in [0.4, 0.5) is 5.69 Å². The van der Waals surface area contributed by atoms with Crippen molar-refractivity contribution >= 4 is 38.4 Å². The lowest BCUT2D eigenvalue weighted by atomic mass is 10.1. The molecule has 6 aromatic rings. The molecule has 3 heteroatoms. The van der Waals surface area contributed by atoms with Gasteiger partial charge in [-0.1, -0.05) is 78.9 Å². The molecule has 0 radical (unpaired) electrons. The van der Waals surface area contributed by atoms with Gasteiger partial charge in [-0.25, -0.2) is 4.98 Å². The van der Waals surface area contributed by atoms with Crippen molar-refractivity contribution < 1.29 is 0 Å². The summed E-state index contributed by atoms with van der Waals surface area (Å²) in [4.78, 5) is 8.76. The number of anilines is 1. The van der Waals surface area contributed by atoms with Crippen molar-refractivity contribution in [3.05, 3.63) is 128 Å². The first-order valence-electron chi connectivity index (χ1n) is 10.1. The van der Waals surface area contributed by atoms with Crippen LogP contribution in [0, 0.1) is 0 Å². The highest BCUT2D eigenvalue weighted by atomic mass is 14.7. The summed E-state index contributed by atoms with van der Waals surface area (Å²) < 4.78 is 0. The normalized spacial score (nSPS) is 10.1. The van der Waals surface area contributed by atoms with E-state index in [-0.39, 0.29) is 0 Å². The summed E-state index contributed by atoms with van der Waals surface area (Å²) in [5, 5.41) is 3.60. The van der Waals surface area contributed by atoms with E-state index in [9.17, 15) is 0 Å². The largest absolute Gasteiger partial charge is 0.399 e. The number of rotatable bonds is 0. The Labute approximate surface area is 181 Å². The van der Waals surface area contributed by atoms with E-state index in [1.54, 1.807) is 0 Å². The van der Waals surface area contributed by atoms with Crippen LogP contribution in [0.1, 0.15) is 0 Å². The van der Waals surface area contributed by atoms with E-state index in [1.807, 2.05) is 97.2 Å². The van der Waals surface area contributed by atoms with Gasteiger partial charge in [-0.3, -0.25) is 4.98 Å². The molecule has 0 amide bonds. The van der Waals surface area contributed by atoms with Gasteiger partial charge in [0.1, 0.15) is 0 Å². The molecule has 0 saturated carbocycles. The van der Waals surface area contributed by atoms with Gasteiger partial charge in [-0.2, -0.15) is 0 Å². The van der Waals surface area contributed by atoms with Gasteiger partial charge >= 0.3 is 0 Å². The molecule has 0 saturated heterocycles. The van der Waals surface area contributed by atoms with E-state index >= 15 is 0 Å². The lowest BCUT2D eigenvalue weighted by Crippen LogP contribution is -1.80. The second kappa shape index (κ2) is 9.99. The van der Waals surface area contributed by atoms with Gasteiger partial charge in [0.15, 0.2) is 0 Å². The van der Waals surface area contributed by atoms with Gasteiger partial charge in [0, 0.05) is 28.0 Å². The third-order valence-corrected chi connectivity index (χ3v) is 4.74. The van der Waals surface area contributed by atoms with Crippen LogP contribution in [-0.2, 0) is 0 Å². The quantitative estimate of drug-likeness (QED) is 0.223. The summed E-state index contributed by atoms with van der Waals surface area (Å²) in [7, 11) is 0. The van der Waals surface area contributed by atoms with E-state index in [0.29, 0.717) is 0 Å². The van der Waals surface area contributed by atoms with Gasteiger partial charge in [0.2, 0.25) is 0 Å². The number of pyridine rings is 2. The number of para-hydroxylation sites is 4. The third-order valence-electron chi connectivity index (χ3n) is 4.74. The Morgan fingerprint density at radius 2 is 0.935 bits per heavy atom. The summed E-state index contributed by atoms with van der Waals surface area (Å²) >= 11 is 0. The zero-order chi connectivity index (χ0) is 21.3. The zero-order valence-electron chi connectivity index (χ0n) is 17.1. The SMILES string of the molecule is Nc1ccccc1.c1ccc2nc3ccccc3cc2c1.c1ccc2ncccc2c1.